The average Bonchev–Trinajstić information content (AvgIpc) is 3.51. The predicted octanol–water partition coefficient (Wildman–Crippen LogP) is 8.25. The molecule has 260 valence electrons. The minimum atomic E-state index is 0.511. The van der Waals surface area contributed by atoms with Crippen LogP contribution < -0.4 is 24.0 Å². The summed E-state index contributed by atoms with van der Waals surface area (Å²) in [5.74, 6) is 3.31. The van der Waals surface area contributed by atoms with Crippen molar-refractivity contribution in [3.05, 3.63) is 97.1 Å². The van der Waals surface area contributed by atoms with Crippen molar-refractivity contribution >= 4 is 22.4 Å². The number of benzene rings is 4. The van der Waals surface area contributed by atoms with E-state index < -0.39 is 0 Å². The van der Waals surface area contributed by atoms with Gasteiger partial charge in [0.05, 0.1) is 18.6 Å². The maximum atomic E-state index is 6.53. The van der Waals surface area contributed by atoms with Gasteiger partial charge in [0.25, 0.3) is 0 Å². The van der Waals surface area contributed by atoms with E-state index in [1.54, 1.807) is 0 Å². The molecule has 1 aromatic heterocycles. The Balaban J connectivity index is 1.41. The predicted molar refractivity (Wildman–Crippen MR) is 204 cm³/mol. The Kier molecular flexibility index (Phi) is 13.2. The molecular weight excluding hydrogens is 610 g/mol. The standard InChI is InChI=1S/C41H53N5O3/c1-6-9-24-46-38-31-37(48-28-25-43(4)34-16-12-10-13-17-34)32-39(49-29-26-44(5)35-18-14-11-15-19-35)40(38)42-41(46)33-20-22-36(23-21-33)47-30-27-45(7-2)8-3/h10-23,31-32H,6-9,24-30H2,1-5H3. The van der Waals surface area contributed by atoms with Gasteiger partial charge in [-0.1, -0.05) is 63.6 Å². The number of unbranched alkanes of at least 4 members (excludes halogenated alkanes) is 1. The van der Waals surface area contributed by atoms with Gasteiger partial charge >= 0.3 is 0 Å². The van der Waals surface area contributed by atoms with Crippen molar-refractivity contribution in [2.24, 2.45) is 0 Å². The number of imidazole rings is 1. The fraction of sp³-hybridized carbons (Fsp3) is 0.390. The molecule has 0 amide bonds. The van der Waals surface area contributed by atoms with E-state index in [-0.39, 0.29) is 0 Å². The molecule has 0 atom stereocenters. The van der Waals surface area contributed by atoms with E-state index in [9.17, 15) is 0 Å². The van der Waals surface area contributed by atoms with Gasteiger partial charge < -0.3 is 33.5 Å². The first kappa shape index (κ1) is 35.6. The van der Waals surface area contributed by atoms with Crippen LogP contribution in [0.1, 0.15) is 33.6 Å². The molecule has 0 aliphatic carbocycles. The lowest BCUT2D eigenvalue weighted by Crippen LogP contribution is -2.27. The summed E-state index contributed by atoms with van der Waals surface area (Å²) in [6.45, 7) is 13.6. The highest BCUT2D eigenvalue weighted by Gasteiger charge is 2.19. The first-order chi connectivity index (χ1) is 24.0. The van der Waals surface area contributed by atoms with Crippen LogP contribution in [0.2, 0.25) is 0 Å². The van der Waals surface area contributed by atoms with E-state index in [0.29, 0.717) is 19.8 Å². The number of para-hydroxylation sites is 2. The van der Waals surface area contributed by atoms with Crippen LogP contribution in [0.25, 0.3) is 22.4 Å². The quantitative estimate of drug-likeness (QED) is 0.0831. The summed E-state index contributed by atoms with van der Waals surface area (Å²) in [5, 5.41) is 0. The third kappa shape index (κ3) is 9.70. The third-order valence-electron chi connectivity index (χ3n) is 8.98. The summed E-state index contributed by atoms with van der Waals surface area (Å²) in [6.07, 6.45) is 2.12. The van der Waals surface area contributed by atoms with Crippen LogP contribution in [-0.4, -0.2) is 81.1 Å². The van der Waals surface area contributed by atoms with Crippen LogP contribution in [-0.2, 0) is 6.54 Å². The van der Waals surface area contributed by atoms with E-state index in [1.807, 2.05) is 18.2 Å². The molecule has 0 bridgehead atoms. The van der Waals surface area contributed by atoms with E-state index in [0.717, 1.165) is 103 Å². The number of anilines is 2. The van der Waals surface area contributed by atoms with Crippen molar-refractivity contribution < 1.29 is 14.2 Å². The highest BCUT2D eigenvalue weighted by Crippen LogP contribution is 2.35. The number of fused-ring (bicyclic) bond motifs is 1. The van der Waals surface area contributed by atoms with E-state index in [4.69, 9.17) is 19.2 Å². The summed E-state index contributed by atoms with van der Waals surface area (Å²) in [7, 11) is 4.18. The summed E-state index contributed by atoms with van der Waals surface area (Å²) < 4.78 is 21.3. The fourth-order valence-corrected chi connectivity index (χ4v) is 5.87. The number of likely N-dealkylation sites (N-methyl/N-ethyl adjacent to an activating group) is 3. The molecule has 8 heteroatoms. The van der Waals surface area contributed by atoms with E-state index in [2.05, 4.69) is 133 Å². The van der Waals surface area contributed by atoms with Gasteiger partial charge in [-0.15, -0.1) is 0 Å². The number of nitrogens with zero attached hydrogens (tertiary/aromatic N) is 5. The van der Waals surface area contributed by atoms with Gasteiger partial charge in [0.15, 0.2) is 5.75 Å². The molecule has 49 heavy (non-hydrogen) atoms. The first-order valence-electron chi connectivity index (χ1n) is 17.8. The lowest BCUT2D eigenvalue weighted by atomic mass is 10.2. The zero-order valence-electron chi connectivity index (χ0n) is 30.0. The summed E-state index contributed by atoms with van der Waals surface area (Å²) in [4.78, 5) is 12.0. The van der Waals surface area contributed by atoms with Crippen LogP contribution in [0.5, 0.6) is 17.2 Å². The van der Waals surface area contributed by atoms with Crippen molar-refractivity contribution in [1.82, 2.24) is 14.5 Å². The van der Waals surface area contributed by atoms with Crippen LogP contribution >= 0.6 is 0 Å². The smallest absolute Gasteiger partial charge is 0.150 e. The molecule has 5 aromatic rings. The minimum Gasteiger partial charge on any atom is -0.492 e. The summed E-state index contributed by atoms with van der Waals surface area (Å²) in [6, 6.07) is 33.2. The highest BCUT2D eigenvalue weighted by molar-refractivity contribution is 5.87. The molecule has 5 rings (SSSR count). The molecule has 0 N–H and O–H groups in total. The summed E-state index contributed by atoms with van der Waals surface area (Å²) in [5.41, 5.74) is 5.23. The maximum Gasteiger partial charge on any atom is 0.150 e. The number of hydrogen-bond acceptors (Lipinski definition) is 7. The first-order valence-corrected chi connectivity index (χ1v) is 17.8. The number of aromatic nitrogens is 2. The highest BCUT2D eigenvalue weighted by atomic mass is 16.5. The molecule has 0 fully saturated rings. The topological polar surface area (TPSA) is 55.2 Å². The minimum absolute atomic E-state index is 0.511. The Labute approximate surface area is 292 Å². The van der Waals surface area contributed by atoms with E-state index >= 15 is 0 Å². The number of hydrogen-bond donors (Lipinski definition) is 0. The molecule has 0 saturated heterocycles. The monoisotopic (exact) mass is 663 g/mol. The van der Waals surface area contributed by atoms with Crippen LogP contribution in [0.15, 0.2) is 97.1 Å². The molecule has 0 radical (unpaired) electrons. The molecule has 8 nitrogen and oxygen atoms in total. The van der Waals surface area contributed by atoms with Crippen molar-refractivity contribution in [2.45, 2.75) is 40.2 Å². The Hall–Kier alpha value is -4.69. The number of ether oxygens (including phenoxy) is 3. The largest absolute Gasteiger partial charge is 0.492 e. The number of rotatable bonds is 20. The van der Waals surface area contributed by atoms with Gasteiger partial charge in [-0.25, -0.2) is 4.98 Å². The normalized spacial score (nSPS) is 11.2. The molecule has 0 spiro atoms. The van der Waals surface area contributed by atoms with Crippen LogP contribution in [0, 0.1) is 0 Å². The SMILES string of the molecule is CCCCn1c(-c2ccc(OCCN(CC)CC)cc2)nc2c(OCCN(C)c3ccccc3)cc(OCCN(C)c3ccccc3)cc21. The van der Waals surface area contributed by atoms with Gasteiger partial charge in [-0.3, -0.25) is 0 Å². The molecular formula is C41H53N5O3. The molecule has 0 saturated carbocycles. The fourth-order valence-electron chi connectivity index (χ4n) is 5.87. The second kappa shape index (κ2) is 18.2. The van der Waals surface area contributed by atoms with Crippen molar-refractivity contribution in [3.63, 3.8) is 0 Å². The number of aryl methyl sites for hydroxylation is 1. The Morgan fingerprint density at radius 1 is 0.633 bits per heavy atom. The zero-order chi connectivity index (χ0) is 34.4. The van der Waals surface area contributed by atoms with Gasteiger partial charge in [0, 0.05) is 56.3 Å². The molecule has 1 heterocycles. The average molecular weight is 664 g/mol. The Morgan fingerprint density at radius 2 is 1.20 bits per heavy atom. The van der Waals surface area contributed by atoms with Crippen LogP contribution in [0.4, 0.5) is 11.4 Å². The zero-order valence-corrected chi connectivity index (χ0v) is 30.0. The second-order valence-electron chi connectivity index (χ2n) is 12.3. The molecule has 0 aliphatic rings. The third-order valence-corrected chi connectivity index (χ3v) is 8.98. The van der Waals surface area contributed by atoms with Gasteiger partial charge in [-0.2, -0.15) is 0 Å². The van der Waals surface area contributed by atoms with E-state index in [1.165, 1.54) is 0 Å². The molecule has 0 unspecified atom stereocenters. The van der Waals surface area contributed by atoms with Gasteiger partial charge in [0.2, 0.25) is 0 Å². The summed E-state index contributed by atoms with van der Waals surface area (Å²) >= 11 is 0. The lowest BCUT2D eigenvalue weighted by molar-refractivity contribution is 0.223. The van der Waals surface area contributed by atoms with Crippen molar-refractivity contribution in [1.29, 1.82) is 0 Å². The second-order valence-corrected chi connectivity index (χ2v) is 12.3. The van der Waals surface area contributed by atoms with Gasteiger partial charge in [0.1, 0.15) is 42.7 Å². The lowest BCUT2D eigenvalue weighted by Gasteiger charge is -2.20. The van der Waals surface area contributed by atoms with Crippen molar-refractivity contribution in [2.75, 3.05) is 76.4 Å². The maximum absolute atomic E-state index is 6.53. The van der Waals surface area contributed by atoms with Crippen LogP contribution in [0.3, 0.4) is 0 Å². The molecule has 0 aliphatic heterocycles. The van der Waals surface area contributed by atoms with Crippen molar-refractivity contribution in [3.8, 4) is 28.6 Å². The molecule has 4 aromatic carbocycles. The van der Waals surface area contributed by atoms with Gasteiger partial charge in [-0.05, 0) is 68.0 Å². The Morgan fingerprint density at radius 3 is 1.80 bits per heavy atom. The Bertz CT molecular complexity index is 1690.